The fraction of sp³-hybridized carbons (Fsp3) is 0. The van der Waals surface area contributed by atoms with E-state index in [0.717, 1.165) is 10.0 Å². The summed E-state index contributed by atoms with van der Waals surface area (Å²) in [5.74, 6) is 0.291. The number of tetrazole rings is 1. The summed E-state index contributed by atoms with van der Waals surface area (Å²) in [6, 6.07) is 14.5. The Morgan fingerprint density at radius 1 is 1.14 bits per heavy atom. The van der Waals surface area contributed by atoms with Crippen molar-refractivity contribution in [3.63, 3.8) is 0 Å². The molecule has 0 unspecified atom stereocenters. The molecule has 3 rings (SSSR count). The van der Waals surface area contributed by atoms with Crippen LogP contribution >= 0.6 is 15.9 Å². The van der Waals surface area contributed by atoms with Gasteiger partial charge in [-0.25, -0.2) is 0 Å². The van der Waals surface area contributed by atoms with Gasteiger partial charge < -0.3 is 5.32 Å². The molecule has 0 saturated carbocycles. The minimum atomic E-state index is -0.187. The van der Waals surface area contributed by atoms with Gasteiger partial charge in [-0.05, 0) is 45.4 Å². The Morgan fingerprint density at radius 3 is 2.76 bits per heavy atom. The van der Waals surface area contributed by atoms with Gasteiger partial charge in [-0.15, -0.1) is 10.2 Å². The molecule has 1 amide bonds. The topological polar surface area (TPSA) is 83.6 Å². The normalized spacial score (nSPS) is 10.3. The number of nitrogens with zero attached hydrogens (tertiary/aromatic N) is 3. The summed E-state index contributed by atoms with van der Waals surface area (Å²) in [4.78, 5) is 12.2. The molecule has 2 N–H and O–H groups in total. The highest BCUT2D eigenvalue weighted by Crippen LogP contribution is 2.21. The van der Waals surface area contributed by atoms with Gasteiger partial charge in [0.2, 0.25) is 5.82 Å². The predicted molar refractivity (Wildman–Crippen MR) is 81.7 cm³/mol. The van der Waals surface area contributed by atoms with Gasteiger partial charge in [-0.1, -0.05) is 24.3 Å². The molecule has 0 aliphatic rings. The molecule has 1 aromatic heterocycles. The third-order valence-corrected chi connectivity index (χ3v) is 3.53. The number of hydrogen-bond acceptors (Lipinski definition) is 4. The van der Waals surface area contributed by atoms with Crippen molar-refractivity contribution in [2.75, 3.05) is 5.32 Å². The smallest absolute Gasteiger partial charge is 0.256 e. The molecule has 0 aliphatic carbocycles. The molecule has 0 fully saturated rings. The van der Waals surface area contributed by atoms with Crippen molar-refractivity contribution in [3.05, 3.63) is 58.6 Å². The van der Waals surface area contributed by atoms with E-state index in [0.29, 0.717) is 17.1 Å². The van der Waals surface area contributed by atoms with E-state index in [1.807, 2.05) is 30.3 Å². The quantitative estimate of drug-likeness (QED) is 0.765. The van der Waals surface area contributed by atoms with Crippen LogP contribution in [0.3, 0.4) is 0 Å². The van der Waals surface area contributed by atoms with Gasteiger partial charge in [-0.2, -0.15) is 5.21 Å². The van der Waals surface area contributed by atoms with Crippen LogP contribution in [0.2, 0.25) is 0 Å². The monoisotopic (exact) mass is 343 g/mol. The van der Waals surface area contributed by atoms with Gasteiger partial charge in [0.15, 0.2) is 0 Å². The average Bonchev–Trinajstić information content (AvgIpc) is 3.02. The van der Waals surface area contributed by atoms with Crippen molar-refractivity contribution in [1.29, 1.82) is 0 Å². The van der Waals surface area contributed by atoms with Crippen LogP contribution in [0.1, 0.15) is 10.4 Å². The van der Waals surface area contributed by atoms with Crippen LogP contribution in [-0.4, -0.2) is 26.5 Å². The lowest BCUT2D eigenvalue weighted by Gasteiger charge is -2.07. The van der Waals surface area contributed by atoms with E-state index in [4.69, 9.17) is 0 Å². The number of carbonyl (C=O) groups is 1. The van der Waals surface area contributed by atoms with Crippen LogP contribution < -0.4 is 5.32 Å². The summed E-state index contributed by atoms with van der Waals surface area (Å²) in [5, 5.41) is 16.6. The zero-order valence-electron chi connectivity index (χ0n) is 10.7. The molecule has 7 heteroatoms. The highest BCUT2D eigenvalue weighted by Gasteiger charge is 2.10. The van der Waals surface area contributed by atoms with Gasteiger partial charge in [0.1, 0.15) is 0 Å². The number of H-pyrrole nitrogens is 1. The molecule has 0 radical (unpaired) electrons. The molecule has 21 heavy (non-hydrogen) atoms. The number of aromatic nitrogens is 4. The Kier molecular flexibility index (Phi) is 3.74. The molecule has 6 nitrogen and oxygen atoms in total. The van der Waals surface area contributed by atoms with E-state index < -0.39 is 0 Å². The highest BCUT2D eigenvalue weighted by molar-refractivity contribution is 9.10. The molecule has 0 saturated heterocycles. The van der Waals surface area contributed by atoms with E-state index in [-0.39, 0.29) is 5.91 Å². The lowest BCUT2D eigenvalue weighted by atomic mass is 10.1. The Labute approximate surface area is 128 Å². The summed E-state index contributed by atoms with van der Waals surface area (Å²) in [7, 11) is 0. The molecule has 0 bridgehead atoms. The van der Waals surface area contributed by atoms with Gasteiger partial charge in [-0.3, -0.25) is 4.79 Å². The third kappa shape index (κ3) is 2.97. The summed E-state index contributed by atoms with van der Waals surface area (Å²) < 4.78 is 0.747. The van der Waals surface area contributed by atoms with Crippen LogP contribution in [0.15, 0.2) is 53.0 Å². The number of nitrogens with one attached hydrogen (secondary N) is 2. The lowest BCUT2D eigenvalue weighted by molar-refractivity contribution is 0.102. The number of anilines is 1. The van der Waals surface area contributed by atoms with Crippen molar-refractivity contribution < 1.29 is 4.79 Å². The Balaban J connectivity index is 1.84. The number of aromatic amines is 1. The maximum Gasteiger partial charge on any atom is 0.256 e. The lowest BCUT2D eigenvalue weighted by Crippen LogP contribution is -2.12. The van der Waals surface area contributed by atoms with E-state index >= 15 is 0 Å². The maximum atomic E-state index is 12.2. The predicted octanol–water partition coefficient (Wildman–Crippen LogP) is 2.88. The molecule has 1 heterocycles. The molecular weight excluding hydrogens is 334 g/mol. The van der Waals surface area contributed by atoms with E-state index in [9.17, 15) is 4.79 Å². The minimum absolute atomic E-state index is 0.187. The SMILES string of the molecule is O=C(Nc1cccc(-c2nn[nH]n2)c1)c1ccccc1Br. The zero-order chi connectivity index (χ0) is 14.7. The van der Waals surface area contributed by atoms with Crippen LogP contribution in [0.5, 0.6) is 0 Å². The van der Waals surface area contributed by atoms with Crippen LogP contribution in [0, 0.1) is 0 Å². The number of amides is 1. The summed E-state index contributed by atoms with van der Waals surface area (Å²) >= 11 is 3.36. The van der Waals surface area contributed by atoms with Gasteiger partial charge in [0.05, 0.1) is 5.56 Å². The number of benzene rings is 2. The molecule has 0 atom stereocenters. The number of carbonyl (C=O) groups excluding carboxylic acids is 1. The Morgan fingerprint density at radius 2 is 2.00 bits per heavy atom. The van der Waals surface area contributed by atoms with Crippen molar-refractivity contribution in [2.45, 2.75) is 0 Å². The van der Waals surface area contributed by atoms with Crippen LogP contribution in [0.4, 0.5) is 5.69 Å². The number of rotatable bonds is 3. The summed E-state index contributed by atoms with van der Waals surface area (Å²) in [6.07, 6.45) is 0. The summed E-state index contributed by atoms with van der Waals surface area (Å²) in [5.41, 5.74) is 2.01. The first-order chi connectivity index (χ1) is 10.2. The molecular formula is C14H10BrN5O. The van der Waals surface area contributed by atoms with Crippen molar-refractivity contribution in [1.82, 2.24) is 20.6 Å². The van der Waals surface area contributed by atoms with Crippen molar-refractivity contribution in [2.24, 2.45) is 0 Å². The maximum absolute atomic E-state index is 12.2. The van der Waals surface area contributed by atoms with Crippen molar-refractivity contribution >= 4 is 27.5 Å². The van der Waals surface area contributed by atoms with E-state index in [1.54, 1.807) is 18.2 Å². The first-order valence-electron chi connectivity index (χ1n) is 6.14. The van der Waals surface area contributed by atoms with Gasteiger partial charge in [0, 0.05) is 15.7 Å². The first-order valence-corrected chi connectivity index (χ1v) is 6.93. The standard InChI is InChI=1S/C14H10BrN5O/c15-12-7-2-1-6-11(12)14(21)16-10-5-3-4-9(8-10)13-17-19-20-18-13/h1-8H,(H,16,21)(H,17,18,19,20). The second-order valence-corrected chi connectivity index (χ2v) is 5.10. The highest BCUT2D eigenvalue weighted by atomic mass is 79.9. The third-order valence-electron chi connectivity index (χ3n) is 2.84. The number of hydrogen-bond donors (Lipinski definition) is 2. The fourth-order valence-corrected chi connectivity index (χ4v) is 2.33. The number of halogens is 1. The van der Waals surface area contributed by atoms with Crippen LogP contribution in [0.25, 0.3) is 11.4 Å². The molecule has 2 aromatic carbocycles. The second kappa shape index (κ2) is 5.84. The molecule has 3 aromatic rings. The average molecular weight is 344 g/mol. The fourth-order valence-electron chi connectivity index (χ4n) is 1.86. The van der Waals surface area contributed by atoms with Crippen LogP contribution in [-0.2, 0) is 0 Å². The van der Waals surface area contributed by atoms with Crippen molar-refractivity contribution in [3.8, 4) is 11.4 Å². The molecule has 0 aliphatic heterocycles. The summed E-state index contributed by atoms with van der Waals surface area (Å²) in [6.45, 7) is 0. The van der Waals surface area contributed by atoms with E-state index in [2.05, 4.69) is 41.9 Å². The van der Waals surface area contributed by atoms with E-state index in [1.165, 1.54) is 0 Å². The molecule has 0 spiro atoms. The van der Waals surface area contributed by atoms with Gasteiger partial charge in [0.25, 0.3) is 5.91 Å². The zero-order valence-corrected chi connectivity index (χ0v) is 12.3. The Bertz CT molecular complexity index is 773. The molecule has 104 valence electrons. The van der Waals surface area contributed by atoms with Gasteiger partial charge >= 0.3 is 0 Å². The first kappa shape index (κ1) is 13.4. The Hall–Kier alpha value is -2.54. The second-order valence-electron chi connectivity index (χ2n) is 4.25. The largest absolute Gasteiger partial charge is 0.322 e. The minimum Gasteiger partial charge on any atom is -0.322 e.